The molecule has 0 aromatic heterocycles. The fourth-order valence-corrected chi connectivity index (χ4v) is 4.37. The van der Waals surface area contributed by atoms with Gasteiger partial charge >= 0.3 is 0 Å². The second-order valence-electron chi connectivity index (χ2n) is 4.75. The predicted octanol–water partition coefficient (Wildman–Crippen LogP) is -0.684. The zero-order valence-corrected chi connectivity index (χ0v) is 10.1. The van der Waals surface area contributed by atoms with Crippen molar-refractivity contribution < 1.29 is 22.1 Å². The smallest absolute Gasteiger partial charge is 0.273 e. The number of carbonyl (C=O) groups excluding carboxylic acids is 1. The van der Waals surface area contributed by atoms with Crippen LogP contribution < -0.4 is 5.32 Å². The summed E-state index contributed by atoms with van der Waals surface area (Å²) in [6, 6.07) is -0.391. The monoisotopic (exact) mass is 259 g/mol. The highest BCUT2D eigenvalue weighted by atomic mass is 32.2. The molecule has 0 aliphatic carbocycles. The van der Waals surface area contributed by atoms with E-state index in [0.29, 0.717) is 12.0 Å². The summed E-state index contributed by atoms with van der Waals surface area (Å²) >= 11 is 0. The van der Waals surface area contributed by atoms with Crippen LogP contribution in [0, 0.1) is 0 Å². The first kappa shape index (κ1) is 11.2. The van der Waals surface area contributed by atoms with Gasteiger partial charge in [0.25, 0.3) is 10.1 Å². The number of carbonyl (C=O) groups is 1. The van der Waals surface area contributed by atoms with Gasteiger partial charge in [0, 0.05) is 5.57 Å². The molecule has 5 atom stereocenters. The Morgan fingerprint density at radius 3 is 2.76 bits per heavy atom. The van der Waals surface area contributed by atoms with Crippen LogP contribution in [0.15, 0.2) is 12.2 Å². The third-order valence-corrected chi connectivity index (χ3v) is 5.24. The van der Waals surface area contributed by atoms with Crippen LogP contribution in [0.3, 0.4) is 0 Å². The van der Waals surface area contributed by atoms with E-state index in [2.05, 4.69) is 11.9 Å². The van der Waals surface area contributed by atoms with Gasteiger partial charge in [-0.3, -0.25) is 8.98 Å². The molecule has 3 heterocycles. The van der Waals surface area contributed by atoms with Crippen LogP contribution in [0.1, 0.15) is 13.3 Å². The van der Waals surface area contributed by atoms with Crippen molar-refractivity contribution in [1.82, 2.24) is 5.32 Å². The molecule has 0 aromatic carbocycles. The van der Waals surface area contributed by atoms with Crippen LogP contribution in [0.25, 0.3) is 0 Å². The van der Waals surface area contributed by atoms with Gasteiger partial charge in [-0.2, -0.15) is 8.42 Å². The molecular weight excluding hydrogens is 246 g/mol. The molecular formula is C10H13NO5S. The van der Waals surface area contributed by atoms with Crippen LogP contribution in [-0.4, -0.2) is 43.9 Å². The zero-order chi connectivity index (χ0) is 12.4. The number of nitrogens with one attached hydrogen (secondary N) is 1. The summed E-state index contributed by atoms with van der Waals surface area (Å²) in [5, 5.41) is 2.16. The van der Waals surface area contributed by atoms with Gasteiger partial charge in [-0.1, -0.05) is 6.58 Å². The van der Waals surface area contributed by atoms with E-state index in [-0.39, 0.29) is 12.0 Å². The van der Waals surface area contributed by atoms with Crippen molar-refractivity contribution >= 4 is 16.0 Å². The summed E-state index contributed by atoms with van der Waals surface area (Å²) in [6.45, 7) is 5.13. The third-order valence-electron chi connectivity index (χ3n) is 3.54. The maximum absolute atomic E-state index is 11.6. The lowest BCUT2D eigenvalue weighted by Crippen LogP contribution is -2.50. The Kier molecular flexibility index (Phi) is 2.17. The van der Waals surface area contributed by atoms with Crippen molar-refractivity contribution in [2.45, 2.75) is 42.9 Å². The van der Waals surface area contributed by atoms with Gasteiger partial charge in [-0.05, 0) is 13.3 Å². The van der Waals surface area contributed by atoms with E-state index < -0.39 is 33.6 Å². The average molecular weight is 259 g/mol. The molecule has 3 aliphatic rings. The Hall–Kier alpha value is -0.920. The second kappa shape index (κ2) is 3.30. The topological polar surface area (TPSA) is 81.7 Å². The van der Waals surface area contributed by atoms with E-state index in [1.54, 1.807) is 6.92 Å². The van der Waals surface area contributed by atoms with Crippen molar-refractivity contribution in [2.24, 2.45) is 0 Å². The minimum Gasteiger partial charge on any atom is -0.368 e. The summed E-state index contributed by atoms with van der Waals surface area (Å²) in [5.74, 6) is -0.296. The van der Waals surface area contributed by atoms with E-state index >= 15 is 0 Å². The standard InChI is InChI=1S/C10H13NO5S/c1-4(2)10(12)11-7-5-3-6-8(15-5)9(7)16-17(6,13)14/h5-9H,1,3H2,2H3,(H,11,12). The zero-order valence-electron chi connectivity index (χ0n) is 9.25. The summed E-state index contributed by atoms with van der Waals surface area (Å²) in [6.07, 6.45) is -0.881. The molecule has 5 unspecified atom stereocenters. The number of rotatable bonds is 2. The maximum atomic E-state index is 11.6. The van der Waals surface area contributed by atoms with Gasteiger partial charge in [0.1, 0.15) is 17.5 Å². The van der Waals surface area contributed by atoms with Crippen molar-refractivity contribution in [3.05, 3.63) is 12.2 Å². The van der Waals surface area contributed by atoms with Crippen LogP contribution in [0.5, 0.6) is 0 Å². The first-order chi connectivity index (χ1) is 7.90. The third kappa shape index (κ3) is 1.46. The molecule has 6 nitrogen and oxygen atoms in total. The average Bonchev–Trinajstić information content (AvgIpc) is 2.81. The first-order valence-electron chi connectivity index (χ1n) is 5.44. The van der Waals surface area contributed by atoms with E-state index in [1.807, 2.05) is 0 Å². The Morgan fingerprint density at radius 1 is 1.41 bits per heavy atom. The first-order valence-corrected chi connectivity index (χ1v) is 6.91. The van der Waals surface area contributed by atoms with Gasteiger partial charge in [-0.15, -0.1) is 0 Å². The van der Waals surface area contributed by atoms with Crippen LogP contribution in [0.2, 0.25) is 0 Å². The molecule has 3 saturated heterocycles. The molecule has 1 amide bonds. The van der Waals surface area contributed by atoms with E-state index in [0.717, 1.165) is 0 Å². The summed E-state index contributed by atoms with van der Waals surface area (Å²) in [5.41, 5.74) is 0.380. The molecule has 0 spiro atoms. The molecule has 3 fully saturated rings. The van der Waals surface area contributed by atoms with Gasteiger partial charge in [0.2, 0.25) is 5.91 Å². The van der Waals surface area contributed by atoms with Gasteiger partial charge in [-0.25, -0.2) is 0 Å². The number of hydrogen-bond acceptors (Lipinski definition) is 5. The molecule has 3 rings (SSSR count). The molecule has 0 radical (unpaired) electrons. The van der Waals surface area contributed by atoms with E-state index in [4.69, 9.17) is 8.92 Å². The fourth-order valence-electron chi connectivity index (χ4n) is 2.72. The van der Waals surface area contributed by atoms with Crippen LogP contribution in [0.4, 0.5) is 0 Å². The fraction of sp³-hybridized carbons (Fsp3) is 0.700. The Morgan fingerprint density at radius 2 is 2.12 bits per heavy atom. The molecule has 7 heteroatoms. The quantitative estimate of drug-likeness (QED) is 0.524. The molecule has 0 aromatic rings. The number of ether oxygens (including phenoxy) is 1. The SMILES string of the molecule is C=C(C)C(=O)NC1C2CC3C(O2)C1OS3(=O)=O. The minimum absolute atomic E-state index is 0.268. The second-order valence-corrected chi connectivity index (χ2v) is 6.53. The van der Waals surface area contributed by atoms with Gasteiger partial charge in [0.15, 0.2) is 0 Å². The number of hydrogen-bond donors (Lipinski definition) is 1. The van der Waals surface area contributed by atoms with Crippen molar-refractivity contribution in [1.29, 1.82) is 0 Å². The summed E-state index contributed by atoms with van der Waals surface area (Å²) in [4.78, 5) is 11.5. The van der Waals surface area contributed by atoms with Gasteiger partial charge < -0.3 is 10.1 Å². The normalized spacial score (nSPS) is 44.9. The highest BCUT2D eigenvalue weighted by molar-refractivity contribution is 7.87. The highest BCUT2D eigenvalue weighted by Gasteiger charge is 2.65. The lowest BCUT2D eigenvalue weighted by molar-refractivity contribution is -0.118. The molecule has 2 bridgehead atoms. The lowest BCUT2D eigenvalue weighted by Gasteiger charge is -2.22. The predicted molar refractivity (Wildman–Crippen MR) is 57.6 cm³/mol. The van der Waals surface area contributed by atoms with Crippen LogP contribution >= 0.6 is 0 Å². The number of fused-ring (bicyclic) bond motifs is 1. The highest BCUT2D eigenvalue weighted by Crippen LogP contribution is 2.46. The Balaban J connectivity index is 1.83. The minimum atomic E-state index is -3.52. The maximum Gasteiger partial charge on any atom is 0.273 e. The summed E-state index contributed by atoms with van der Waals surface area (Å²) < 4.78 is 33.8. The molecule has 1 N–H and O–H groups in total. The largest absolute Gasteiger partial charge is 0.368 e. The lowest BCUT2D eigenvalue weighted by atomic mass is 9.92. The van der Waals surface area contributed by atoms with E-state index in [9.17, 15) is 13.2 Å². The molecule has 3 aliphatic heterocycles. The molecule has 0 saturated carbocycles. The van der Waals surface area contributed by atoms with E-state index in [1.165, 1.54) is 0 Å². The van der Waals surface area contributed by atoms with Gasteiger partial charge in [0.05, 0.1) is 12.1 Å². The van der Waals surface area contributed by atoms with Crippen molar-refractivity contribution in [3.8, 4) is 0 Å². The van der Waals surface area contributed by atoms with Crippen molar-refractivity contribution in [2.75, 3.05) is 0 Å². The Labute approximate surface area is 99.1 Å². The summed E-state index contributed by atoms with van der Waals surface area (Å²) in [7, 11) is -3.52. The Bertz CT molecular complexity index is 499. The van der Waals surface area contributed by atoms with Crippen molar-refractivity contribution in [3.63, 3.8) is 0 Å². The molecule has 17 heavy (non-hydrogen) atoms. The molecule has 94 valence electrons. The number of amides is 1. The van der Waals surface area contributed by atoms with Crippen LogP contribution in [-0.2, 0) is 23.8 Å².